The molecule has 4 aliphatic rings. The van der Waals surface area contributed by atoms with Gasteiger partial charge in [0.2, 0.25) is 0 Å². The Morgan fingerprint density at radius 1 is 0.696 bits per heavy atom. The number of hydrogen-bond acceptors (Lipinski definition) is 0. The summed E-state index contributed by atoms with van der Waals surface area (Å²) in [6.07, 6.45) is 7.49. The molecule has 4 aliphatic carbocycles. The van der Waals surface area contributed by atoms with Crippen molar-refractivity contribution in [2.24, 2.45) is 23.7 Å². The fraction of sp³-hybridized carbons (Fsp3) is 0.455. The Morgan fingerprint density at radius 3 is 1.91 bits per heavy atom. The summed E-state index contributed by atoms with van der Waals surface area (Å²) in [5.74, 6) is 4.84. The number of benzene rings is 2. The first-order chi connectivity index (χ1) is 11.3. The van der Waals surface area contributed by atoms with Crippen LogP contribution in [-0.4, -0.2) is 0 Å². The molecule has 0 nitrogen and oxygen atoms in total. The van der Waals surface area contributed by atoms with E-state index in [1.54, 1.807) is 5.56 Å². The fourth-order valence-electron chi connectivity index (χ4n) is 6.05. The Morgan fingerprint density at radius 2 is 1.30 bits per heavy atom. The van der Waals surface area contributed by atoms with Crippen LogP contribution in [0.4, 0.5) is 0 Å². The molecule has 0 unspecified atom stereocenters. The third kappa shape index (κ3) is 2.34. The molecule has 4 bridgehead atoms. The molecule has 2 aromatic rings. The second-order valence-corrected chi connectivity index (χ2v) is 8.47. The van der Waals surface area contributed by atoms with Crippen LogP contribution in [0.2, 0.25) is 5.02 Å². The largest absolute Gasteiger partial charge is 0.0837 e. The van der Waals surface area contributed by atoms with Gasteiger partial charge in [-0.1, -0.05) is 54.1 Å². The van der Waals surface area contributed by atoms with Gasteiger partial charge in [0.25, 0.3) is 0 Å². The van der Waals surface area contributed by atoms with Gasteiger partial charge in [-0.15, -0.1) is 0 Å². The summed E-state index contributed by atoms with van der Waals surface area (Å²) in [7, 11) is 0. The zero-order valence-electron chi connectivity index (χ0n) is 13.4. The molecule has 0 N–H and O–H groups in total. The lowest BCUT2D eigenvalue weighted by Gasteiger charge is -2.54. The average Bonchev–Trinajstić information content (AvgIpc) is 2.55. The van der Waals surface area contributed by atoms with Gasteiger partial charge >= 0.3 is 0 Å². The van der Waals surface area contributed by atoms with Crippen molar-refractivity contribution in [3.63, 3.8) is 0 Å². The topological polar surface area (TPSA) is 0 Å². The smallest absolute Gasteiger partial charge is 0.0484 e. The standard InChI is InChI=1S/C22H23Cl/c23-21-4-2-1-3-20(21)16-5-7-17(8-6-16)22-18-10-14-9-15(12-18)13-19(22)11-14/h1-8,14-15,18-19,22H,9-13H2. The number of rotatable bonds is 2. The Hall–Kier alpha value is -1.27. The van der Waals surface area contributed by atoms with Crippen molar-refractivity contribution in [1.82, 2.24) is 0 Å². The van der Waals surface area contributed by atoms with Gasteiger partial charge in [0, 0.05) is 10.6 Å². The molecular formula is C22H23Cl. The Bertz CT molecular complexity index is 687. The second-order valence-electron chi connectivity index (χ2n) is 8.06. The van der Waals surface area contributed by atoms with E-state index in [4.69, 9.17) is 11.6 Å². The van der Waals surface area contributed by atoms with Gasteiger partial charge in [-0.2, -0.15) is 0 Å². The predicted octanol–water partition coefficient (Wildman–Crippen LogP) is 6.55. The first-order valence-corrected chi connectivity index (χ1v) is 9.50. The van der Waals surface area contributed by atoms with E-state index < -0.39 is 0 Å². The third-order valence-electron chi connectivity index (χ3n) is 6.71. The van der Waals surface area contributed by atoms with Crippen LogP contribution in [0.5, 0.6) is 0 Å². The van der Waals surface area contributed by atoms with E-state index in [0.29, 0.717) is 0 Å². The molecule has 2 aromatic carbocycles. The van der Waals surface area contributed by atoms with Gasteiger partial charge in [0.05, 0.1) is 0 Å². The zero-order chi connectivity index (χ0) is 15.4. The van der Waals surface area contributed by atoms with Gasteiger partial charge in [-0.05, 0) is 78.9 Å². The third-order valence-corrected chi connectivity index (χ3v) is 7.04. The molecule has 0 radical (unpaired) electrons. The highest BCUT2D eigenvalue weighted by molar-refractivity contribution is 6.33. The summed E-state index contributed by atoms with van der Waals surface area (Å²) in [6.45, 7) is 0. The lowest BCUT2D eigenvalue weighted by molar-refractivity contribution is -0.00277. The van der Waals surface area contributed by atoms with E-state index in [9.17, 15) is 0 Å². The SMILES string of the molecule is Clc1ccccc1-c1ccc(C2C3CC4CC(C3)CC2C4)cc1. The lowest BCUT2D eigenvalue weighted by atomic mass is 9.51. The monoisotopic (exact) mass is 322 g/mol. The summed E-state index contributed by atoms with van der Waals surface area (Å²) >= 11 is 6.35. The van der Waals surface area contributed by atoms with Gasteiger partial charge < -0.3 is 0 Å². The Labute approximate surface area is 143 Å². The Kier molecular flexibility index (Phi) is 3.30. The molecule has 0 aliphatic heterocycles. The maximum Gasteiger partial charge on any atom is 0.0484 e. The maximum absolute atomic E-state index is 6.35. The van der Waals surface area contributed by atoms with Crippen LogP contribution in [-0.2, 0) is 0 Å². The van der Waals surface area contributed by atoms with Crippen LogP contribution in [0.3, 0.4) is 0 Å². The molecule has 0 amide bonds. The summed E-state index contributed by atoms with van der Waals surface area (Å²) in [5.41, 5.74) is 3.96. The minimum Gasteiger partial charge on any atom is -0.0837 e. The van der Waals surface area contributed by atoms with Crippen molar-refractivity contribution in [2.75, 3.05) is 0 Å². The predicted molar refractivity (Wildman–Crippen MR) is 96.7 cm³/mol. The van der Waals surface area contributed by atoms with Crippen molar-refractivity contribution >= 4 is 11.6 Å². The van der Waals surface area contributed by atoms with E-state index in [2.05, 4.69) is 36.4 Å². The molecule has 4 saturated carbocycles. The zero-order valence-corrected chi connectivity index (χ0v) is 14.2. The quantitative estimate of drug-likeness (QED) is 0.588. The van der Waals surface area contributed by atoms with Crippen LogP contribution in [0.15, 0.2) is 48.5 Å². The summed E-state index contributed by atoms with van der Waals surface area (Å²) in [5, 5.41) is 0.842. The van der Waals surface area contributed by atoms with Gasteiger partial charge in [-0.3, -0.25) is 0 Å². The molecule has 0 saturated heterocycles. The number of halogens is 1. The van der Waals surface area contributed by atoms with E-state index in [-0.39, 0.29) is 0 Å². The van der Waals surface area contributed by atoms with Crippen LogP contribution in [0.1, 0.15) is 43.6 Å². The molecule has 6 rings (SSSR count). The molecule has 0 spiro atoms. The van der Waals surface area contributed by atoms with Crippen LogP contribution in [0, 0.1) is 23.7 Å². The molecule has 0 heterocycles. The summed E-state index contributed by atoms with van der Waals surface area (Å²) in [4.78, 5) is 0. The van der Waals surface area contributed by atoms with Gasteiger partial charge in [0.1, 0.15) is 0 Å². The maximum atomic E-state index is 6.35. The van der Waals surface area contributed by atoms with Crippen molar-refractivity contribution in [2.45, 2.75) is 38.0 Å². The highest BCUT2D eigenvalue weighted by atomic mass is 35.5. The highest BCUT2D eigenvalue weighted by Gasteiger charge is 2.48. The molecule has 23 heavy (non-hydrogen) atoms. The Balaban J connectivity index is 1.45. The van der Waals surface area contributed by atoms with Crippen molar-refractivity contribution in [3.8, 4) is 11.1 Å². The normalized spacial score (nSPS) is 34.7. The van der Waals surface area contributed by atoms with Crippen molar-refractivity contribution < 1.29 is 0 Å². The number of hydrogen-bond donors (Lipinski definition) is 0. The minimum absolute atomic E-state index is 0.822. The molecule has 0 atom stereocenters. The highest BCUT2D eigenvalue weighted by Crippen LogP contribution is 2.59. The first kappa shape index (κ1) is 14.1. The molecular weight excluding hydrogens is 300 g/mol. The average molecular weight is 323 g/mol. The van der Waals surface area contributed by atoms with Crippen LogP contribution in [0.25, 0.3) is 11.1 Å². The van der Waals surface area contributed by atoms with Crippen LogP contribution < -0.4 is 0 Å². The molecule has 0 aromatic heterocycles. The van der Waals surface area contributed by atoms with Crippen molar-refractivity contribution in [3.05, 3.63) is 59.1 Å². The molecule has 4 fully saturated rings. The summed E-state index contributed by atoms with van der Waals surface area (Å²) < 4.78 is 0. The van der Waals surface area contributed by atoms with E-state index >= 15 is 0 Å². The van der Waals surface area contributed by atoms with E-state index in [0.717, 1.165) is 40.2 Å². The molecule has 1 heteroatoms. The first-order valence-electron chi connectivity index (χ1n) is 9.13. The van der Waals surface area contributed by atoms with Gasteiger partial charge in [0.15, 0.2) is 0 Å². The van der Waals surface area contributed by atoms with E-state index in [1.165, 1.54) is 37.7 Å². The second kappa shape index (κ2) is 5.38. The van der Waals surface area contributed by atoms with Crippen LogP contribution >= 0.6 is 11.6 Å². The summed E-state index contributed by atoms with van der Waals surface area (Å²) in [6, 6.07) is 17.5. The lowest BCUT2D eigenvalue weighted by Crippen LogP contribution is -2.43. The van der Waals surface area contributed by atoms with Gasteiger partial charge in [-0.25, -0.2) is 0 Å². The van der Waals surface area contributed by atoms with E-state index in [1.807, 2.05) is 12.1 Å². The van der Waals surface area contributed by atoms with Crippen molar-refractivity contribution in [1.29, 1.82) is 0 Å². The minimum atomic E-state index is 0.822. The molecule has 118 valence electrons. The fourth-order valence-corrected chi connectivity index (χ4v) is 6.29.